The van der Waals surface area contributed by atoms with Crippen LogP contribution in [0.4, 0.5) is 5.69 Å². The molecule has 170 valence electrons. The summed E-state index contributed by atoms with van der Waals surface area (Å²) in [4.78, 5) is 13.8. The maximum Gasteiger partial charge on any atom is 0.264 e. The van der Waals surface area contributed by atoms with E-state index >= 15 is 0 Å². The number of hydrogen-bond donors (Lipinski definition) is 1. The molecule has 0 unspecified atom stereocenters. The van der Waals surface area contributed by atoms with Crippen LogP contribution in [-0.2, 0) is 10.0 Å². The van der Waals surface area contributed by atoms with Crippen LogP contribution in [0.25, 0.3) is 10.1 Å². The fraction of sp³-hybridized carbons (Fsp3) is 0.400. The smallest absolute Gasteiger partial charge is 0.264 e. The number of nitrogens with zero attached hydrogens (tertiary/aromatic N) is 1. The Morgan fingerprint density at radius 3 is 2.38 bits per heavy atom. The first-order valence-corrected chi connectivity index (χ1v) is 13.6. The molecule has 0 bridgehead atoms. The molecule has 0 spiro atoms. The molecule has 1 saturated carbocycles. The van der Waals surface area contributed by atoms with E-state index in [1.165, 1.54) is 41.3 Å². The molecule has 2 aromatic carbocycles. The van der Waals surface area contributed by atoms with Crippen molar-refractivity contribution in [2.45, 2.75) is 63.3 Å². The molecule has 1 amide bonds. The number of anilines is 1. The predicted octanol–water partition coefficient (Wildman–Crippen LogP) is 5.88. The second kappa shape index (κ2) is 9.63. The number of benzene rings is 2. The first-order valence-electron chi connectivity index (χ1n) is 11.3. The Labute approximate surface area is 194 Å². The molecule has 4 rings (SSSR count). The van der Waals surface area contributed by atoms with E-state index in [0.717, 1.165) is 28.5 Å². The van der Waals surface area contributed by atoms with Gasteiger partial charge in [-0.25, -0.2) is 8.42 Å². The summed E-state index contributed by atoms with van der Waals surface area (Å²) in [6.07, 6.45) is 6.92. The van der Waals surface area contributed by atoms with Crippen molar-refractivity contribution in [3.63, 3.8) is 0 Å². The number of aryl methyl sites for hydroxylation is 1. The summed E-state index contributed by atoms with van der Waals surface area (Å²) in [6.45, 7) is 4.08. The normalized spacial score (nSPS) is 15.4. The molecule has 1 aliphatic carbocycles. The number of amides is 1. The zero-order chi connectivity index (χ0) is 22.7. The van der Waals surface area contributed by atoms with Crippen molar-refractivity contribution in [1.29, 1.82) is 0 Å². The quantitative estimate of drug-likeness (QED) is 0.458. The van der Waals surface area contributed by atoms with Crippen LogP contribution in [0, 0.1) is 6.92 Å². The number of carbonyl (C=O) groups excluding carboxylic acids is 1. The minimum atomic E-state index is -3.66. The third-order valence-corrected chi connectivity index (χ3v) is 9.13. The second-order valence-electron chi connectivity index (χ2n) is 8.48. The van der Waals surface area contributed by atoms with Crippen LogP contribution in [0.15, 0.2) is 53.4 Å². The Balaban J connectivity index is 1.58. The van der Waals surface area contributed by atoms with Gasteiger partial charge < -0.3 is 5.32 Å². The first-order chi connectivity index (χ1) is 15.4. The Kier molecular flexibility index (Phi) is 6.86. The molecule has 0 atom stereocenters. The maximum atomic E-state index is 13.2. The molecule has 0 radical (unpaired) electrons. The molecule has 1 heterocycles. The van der Waals surface area contributed by atoms with Crippen molar-refractivity contribution >= 4 is 43.0 Å². The van der Waals surface area contributed by atoms with E-state index in [0.29, 0.717) is 17.1 Å². The number of thiophene rings is 1. The fourth-order valence-electron chi connectivity index (χ4n) is 4.31. The van der Waals surface area contributed by atoms with Crippen molar-refractivity contribution in [2.24, 2.45) is 0 Å². The van der Waals surface area contributed by atoms with Gasteiger partial charge in [0, 0.05) is 17.3 Å². The van der Waals surface area contributed by atoms with Gasteiger partial charge in [0.05, 0.1) is 15.5 Å². The standard InChI is InChI=1S/C25H30N2O3S2/c1-3-27(32(29,30)22-13-10-18(2)11-14-22)21-12-15-23-19(16-21)17-24(31-23)25(28)26-20-8-6-4-5-7-9-20/h10-17,20H,3-9H2,1-2H3,(H,26,28). The summed E-state index contributed by atoms with van der Waals surface area (Å²) in [5.41, 5.74) is 1.62. The van der Waals surface area contributed by atoms with Crippen molar-refractivity contribution < 1.29 is 13.2 Å². The van der Waals surface area contributed by atoms with Gasteiger partial charge in [-0.05, 0) is 68.5 Å². The summed E-state index contributed by atoms with van der Waals surface area (Å²) in [7, 11) is -3.66. The lowest BCUT2D eigenvalue weighted by Gasteiger charge is -2.23. The second-order valence-corrected chi connectivity index (χ2v) is 11.4. The predicted molar refractivity (Wildman–Crippen MR) is 132 cm³/mol. The van der Waals surface area contributed by atoms with Crippen molar-refractivity contribution in [3.8, 4) is 0 Å². The van der Waals surface area contributed by atoms with Crippen LogP contribution >= 0.6 is 11.3 Å². The zero-order valence-electron chi connectivity index (χ0n) is 18.6. The number of fused-ring (bicyclic) bond motifs is 1. The van der Waals surface area contributed by atoms with E-state index in [4.69, 9.17) is 0 Å². The number of nitrogens with one attached hydrogen (secondary N) is 1. The molecule has 1 fully saturated rings. The van der Waals surface area contributed by atoms with Crippen LogP contribution < -0.4 is 9.62 Å². The molecule has 1 N–H and O–H groups in total. The molecule has 0 saturated heterocycles. The van der Waals surface area contributed by atoms with Gasteiger partial charge in [0.1, 0.15) is 0 Å². The third-order valence-electron chi connectivity index (χ3n) is 6.10. The van der Waals surface area contributed by atoms with Gasteiger partial charge in [0.2, 0.25) is 0 Å². The van der Waals surface area contributed by atoms with E-state index in [1.54, 1.807) is 12.1 Å². The highest BCUT2D eigenvalue weighted by atomic mass is 32.2. The Morgan fingerprint density at radius 1 is 1.03 bits per heavy atom. The van der Waals surface area contributed by atoms with Crippen LogP contribution in [0.1, 0.15) is 60.7 Å². The lowest BCUT2D eigenvalue weighted by atomic mass is 10.1. The van der Waals surface area contributed by atoms with Crippen molar-refractivity contribution in [1.82, 2.24) is 5.32 Å². The van der Waals surface area contributed by atoms with Gasteiger partial charge in [0.15, 0.2) is 0 Å². The summed E-state index contributed by atoms with van der Waals surface area (Å²) in [5, 5.41) is 4.09. The SMILES string of the molecule is CCN(c1ccc2sc(C(=O)NC3CCCCCC3)cc2c1)S(=O)(=O)c1ccc(C)cc1. The molecular weight excluding hydrogens is 440 g/mol. The molecule has 0 aliphatic heterocycles. The minimum Gasteiger partial charge on any atom is -0.349 e. The van der Waals surface area contributed by atoms with Gasteiger partial charge in [-0.1, -0.05) is 43.4 Å². The zero-order valence-corrected chi connectivity index (χ0v) is 20.3. The maximum absolute atomic E-state index is 13.2. The average Bonchev–Trinajstić information content (AvgIpc) is 3.03. The molecule has 32 heavy (non-hydrogen) atoms. The largest absolute Gasteiger partial charge is 0.349 e. The summed E-state index contributed by atoms with van der Waals surface area (Å²) in [5.74, 6) is -0.0284. The Hall–Kier alpha value is -2.38. The highest BCUT2D eigenvalue weighted by molar-refractivity contribution is 7.92. The van der Waals surface area contributed by atoms with Crippen LogP contribution in [0.3, 0.4) is 0 Å². The molecule has 1 aliphatic rings. The average molecular weight is 471 g/mol. The van der Waals surface area contributed by atoms with E-state index in [1.807, 2.05) is 50.2 Å². The Bertz CT molecular complexity index is 1190. The molecule has 5 nitrogen and oxygen atoms in total. The van der Waals surface area contributed by atoms with Crippen LogP contribution in [0.2, 0.25) is 0 Å². The monoisotopic (exact) mass is 470 g/mol. The van der Waals surface area contributed by atoms with Crippen LogP contribution in [0.5, 0.6) is 0 Å². The molecule has 1 aromatic heterocycles. The number of hydrogen-bond acceptors (Lipinski definition) is 4. The first kappa shape index (κ1) is 22.8. The van der Waals surface area contributed by atoms with Crippen molar-refractivity contribution in [2.75, 3.05) is 10.8 Å². The highest BCUT2D eigenvalue weighted by Gasteiger charge is 2.24. The summed E-state index contributed by atoms with van der Waals surface area (Å²) >= 11 is 1.45. The van der Waals surface area contributed by atoms with E-state index in [9.17, 15) is 13.2 Å². The van der Waals surface area contributed by atoms with Gasteiger partial charge >= 0.3 is 0 Å². The lowest BCUT2D eigenvalue weighted by molar-refractivity contribution is 0.0937. The van der Waals surface area contributed by atoms with Crippen molar-refractivity contribution in [3.05, 3.63) is 59.0 Å². The van der Waals surface area contributed by atoms with E-state index in [-0.39, 0.29) is 16.8 Å². The molecule has 7 heteroatoms. The van der Waals surface area contributed by atoms with Gasteiger partial charge in [0.25, 0.3) is 15.9 Å². The number of sulfonamides is 1. The fourth-order valence-corrected chi connectivity index (χ4v) is 6.72. The Morgan fingerprint density at radius 2 is 1.72 bits per heavy atom. The number of rotatable bonds is 6. The topological polar surface area (TPSA) is 66.5 Å². The van der Waals surface area contributed by atoms with E-state index in [2.05, 4.69) is 5.32 Å². The highest BCUT2D eigenvalue weighted by Crippen LogP contribution is 2.32. The van der Waals surface area contributed by atoms with E-state index < -0.39 is 10.0 Å². The van der Waals surface area contributed by atoms with Gasteiger partial charge in [-0.3, -0.25) is 9.10 Å². The summed E-state index contributed by atoms with van der Waals surface area (Å²) < 4.78 is 28.9. The van der Waals surface area contributed by atoms with Crippen LogP contribution in [-0.4, -0.2) is 26.9 Å². The lowest BCUT2D eigenvalue weighted by Crippen LogP contribution is -2.33. The number of carbonyl (C=O) groups is 1. The summed E-state index contributed by atoms with van der Waals surface area (Å²) in [6, 6.07) is 14.6. The molecular formula is C25H30N2O3S2. The van der Waals surface area contributed by atoms with Gasteiger partial charge in [-0.15, -0.1) is 11.3 Å². The minimum absolute atomic E-state index is 0.0284. The van der Waals surface area contributed by atoms with Gasteiger partial charge in [-0.2, -0.15) is 0 Å². The third kappa shape index (κ3) is 4.84. The molecule has 3 aromatic rings.